The molecule has 17 heavy (non-hydrogen) atoms. The van der Waals surface area contributed by atoms with E-state index in [0.29, 0.717) is 6.20 Å². The second kappa shape index (κ2) is 4.92. The van der Waals surface area contributed by atoms with E-state index < -0.39 is 42.6 Å². The third-order valence-electron chi connectivity index (χ3n) is 2.17. The van der Waals surface area contributed by atoms with Crippen LogP contribution in [-0.4, -0.2) is 10.1 Å². The predicted molar refractivity (Wildman–Crippen MR) is 48.0 cm³/mol. The van der Waals surface area contributed by atoms with Crippen molar-refractivity contribution in [2.75, 3.05) is 0 Å². The number of rotatable bonds is 3. The molecule has 96 valence electrons. The monoisotopic (exact) mass is 256 g/mol. The smallest absolute Gasteiger partial charge is 0.392 e. The average Bonchev–Trinajstić information content (AvgIpc) is 2.25. The number of nitrogens with zero attached hydrogens (tertiary/aromatic N) is 1. The van der Waals surface area contributed by atoms with Crippen LogP contribution in [0.3, 0.4) is 0 Å². The Morgan fingerprint density at radius 2 is 1.94 bits per heavy atom. The number of hydrogen-bond acceptors (Lipinski definition) is 3. The summed E-state index contributed by atoms with van der Waals surface area (Å²) in [6.07, 6.45) is -7.42. The Morgan fingerprint density at radius 1 is 1.35 bits per heavy atom. The zero-order chi connectivity index (χ0) is 13.2. The molecule has 0 atom stereocenters. The normalized spacial score (nSPS) is 12.2. The van der Waals surface area contributed by atoms with Crippen LogP contribution in [0.5, 0.6) is 0 Å². The first kappa shape index (κ1) is 13.8. The van der Waals surface area contributed by atoms with E-state index in [1.54, 1.807) is 0 Å². The second-order valence-electron chi connectivity index (χ2n) is 3.18. The molecule has 1 aromatic rings. The molecule has 0 aliphatic heterocycles. The Bertz CT molecular complexity index is 405. The van der Waals surface area contributed by atoms with Crippen molar-refractivity contribution in [2.24, 2.45) is 5.73 Å². The molecule has 0 aliphatic carbocycles. The van der Waals surface area contributed by atoms with Gasteiger partial charge in [0.15, 0.2) is 0 Å². The van der Waals surface area contributed by atoms with Gasteiger partial charge < -0.3 is 10.8 Å². The fourth-order valence-corrected chi connectivity index (χ4v) is 1.46. The number of aromatic nitrogens is 1. The van der Waals surface area contributed by atoms with Crippen molar-refractivity contribution in [1.82, 2.24) is 4.98 Å². The number of nitrogens with two attached hydrogens (primary N) is 1. The summed E-state index contributed by atoms with van der Waals surface area (Å²) in [5.74, 6) is 0. The molecule has 1 aromatic heterocycles. The van der Waals surface area contributed by atoms with Crippen LogP contribution in [0.1, 0.15) is 28.8 Å². The zero-order valence-corrected chi connectivity index (χ0v) is 8.43. The Labute approximate surface area is 93.1 Å². The highest BCUT2D eigenvalue weighted by molar-refractivity contribution is 5.38. The van der Waals surface area contributed by atoms with Crippen molar-refractivity contribution in [3.8, 4) is 0 Å². The Kier molecular flexibility index (Phi) is 3.99. The van der Waals surface area contributed by atoms with Crippen LogP contribution >= 0.6 is 0 Å². The van der Waals surface area contributed by atoms with Crippen LogP contribution in [-0.2, 0) is 19.3 Å². The second-order valence-corrected chi connectivity index (χ2v) is 3.18. The summed E-state index contributed by atoms with van der Waals surface area (Å²) in [7, 11) is 0. The molecule has 8 heteroatoms. The van der Waals surface area contributed by atoms with Gasteiger partial charge in [0, 0.05) is 29.4 Å². The van der Waals surface area contributed by atoms with Crippen LogP contribution in [0.4, 0.5) is 22.0 Å². The fraction of sp³-hybridized carbons (Fsp3) is 0.444. The standard InChI is InChI=1S/C9H9F5N2O/c10-8(11)6-4(3-17)2-16-7(5(6)1-15)9(12,13)14/h2,8,17H,1,3,15H2. The molecule has 0 bridgehead atoms. The summed E-state index contributed by atoms with van der Waals surface area (Å²) in [4.78, 5) is 3.04. The van der Waals surface area contributed by atoms with Crippen molar-refractivity contribution >= 4 is 0 Å². The number of pyridine rings is 1. The third-order valence-corrected chi connectivity index (χ3v) is 2.17. The number of hydrogen-bond donors (Lipinski definition) is 2. The van der Waals surface area contributed by atoms with Gasteiger partial charge in [-0.3, -0.25) is 4.98 Å². The summed E-state index contributed by atoms with van der Waals surface area (Å²) < 4.78 is 62.8. The largest absolute Gasteiger partial charge is 0.433 e. The summed E-state index contributed by atoms with van der Waals surface area (Å²) in [5.41, 5.74) is 1.59. The molecule has 1 heterocycles. The fourth-order valence-electron chi connectivity index (χ4n) is 1.46. The van der Waals surface area contributed by atoms with Crippen molar-refractivity contribution in [3.63, 3.8) is 0 Å². The van der Waals surface area contributed by atoms with E-state index in [2.05, 4.69) is 4.98 Å². The summed E-state index contributed by atoms with van der Waals surface area (Å²) in [6.45, 7) is -1.55. The van der Waals surface area contributed by atoms with E-state index in [0.717, 1.165) is 0 Å². The molecule has 0 saturated heterocycles. The van der Waals surface area contributed by atoms with Crippen LogP contribution in [0.25, 0.3) is 0 Å². The molecule has 0 fully saturated rings. The SMILES string of the molecule is NCc1c(C(F)(F)F)ncc(CO)c1C(F)F. The lowest BCUT2D eigenvalue weighted by Crippen LogP contribution is -2.18. The molecule has 3 nitrogen and oxygen atoms in total. The predicted octanol–water partition coefficient (Wildman–Crippen LogP) is 1.99. The van der Waals surface area contributed by atoms with E-state index >= 15 is 0 Å². The Balaban J connectivity index is 3.52. The quantitative estimate of drug-likeness (QED) is 0.813. The summed E-state index contributed by atoms with van der Waals surface area (Å²) >= 11 is 0. The van der Waals surface area contributed by atoms with Gasteiger partial charge >= 0.3 is 6.18 Å². The lowest BCUT2D eigenvalue weighted by molar-refractivity contribution is -0.142. The van der Waals surface area contributed by atoms with Crippen LogP contribution in [0.2, 0.25) is 0 Å². The van der Waals surface area contributed by atoms with Gasteiger partial charge in [0.2, 0.25) is 0 Å². The highest BCUT2D eigenvalue weighted by Gasteiger charge is 2.37. The maximum Gasteiger partial charge on any atom is 0.433 e. The molecule has 1 rings (SSSR count). The topological polar surface area (TPSA) is 59.1 Å². The van der Waals surface area contributed by atoms with Crippen molar-refractivity contribution in [1.29, 1.82) is 0 Å². The summed E-state index contributed by atoms with van der Waals surface area (Å²) in [6, 6.07) is 0. The Hall–Kier alpha value is -1.28. The van der Waals surface area contributed by atoms with Gasteiger partial charge in [-0.05, 0) is 0 Å². The number of aliphatic hydroxyl groups is 1. The lowest BCUT2D eigenvalue weighted by Gasteiger charge is -2.16. The van der Waals surface area contributed by atoms with Gasteiger partial charge in [-0.2, -0.15) is 13.2 Å². The maximum absolute atomic E-state index is 12.7. The van der Waals surface area contributed by atoms with Crippen molar-refractivity contribution < 1.29 is 27.1 Å². The van der Waals surface area contributed by atoms with Gasteiger partial charge in [-0.15, -0.1) is 0 Å². The third kappa shape index (κ3) is 2.70. The molecule has 0 aromatic carbocycles. The van der Waals surface area contributed by atoms with Crippen LogP contribution < -0.4 is 5.73 Å². The zero-order valence-electron chi connectivity index (χ0n) is 8.43. The maximum atomic E-state index is 12.7. The molecule has 3 N–H and O–H groups in total. The number of halogens is 5. The Morgan fingerprint density at radius 3 is 2.29 bits per heavy atom. The van der Waals surface area contributed by atoms with E-state index in [1.165, 1.54) is 0 Å². The minimum Gasteiger partial charge on any atom is -0.392 e. The highest BCUT2D eigenvalue weighted by Crippen LogP contribution is 2.36. The first-order valence-electron chi connectivity index (χ1n) is 4.49. The van der Waals surface area contributed by atoms with Gasteiger partial charge in [0.05, 0.1) is 6.61 Å². The molecule has 0 amide bonds. The van der Waals surface area contributed by atoms with Gasteiger partial charge in [-0.25, -0.2) is 8.78 Å². The minimum absolute atomic E-state index is 0.353. The van der Waals surface area contributed by atoms with E-state index in [1.807, 2.05) is 0 Å². The first-order chi connectivity index (χ1) is 7.82. The first-order valence-corrected chi connectivity index (χ1v) is 4.49. The average molecular weight is 256 g/mol. The van der Waals surface area contributed by atoms with E-state index in [-0.39, 0.29) is 5.56 Å². The summed E-state index contributed by atoms with van der Waals surface area (Å²) in [5, 5.41) is 8.79. The van der Waals surface area contributed by atoms with Gasteiger partial charge in [0.1, 0.15) is 5.69 Å². The van der Waals surface area contributed by atoms with Crippen molar-refractivity contribution in [3.05, 3.63) is 28.6 Å². The molecular weight excluding hydrogens is 247 g/mol. The molecular formula is C9H9F5N2O. The van der Waals surface area contributed by atoms with Crippen molar-refractivity contribution in [2.45, 2.75) is 25.8 Å². The van der Waals surface area contributed by atoms with Crippen LogP contribution in [0.15, 0.2) is 6.20 Å². The number of alkyl halides is 5. The van der Waals surface area contributed by atoms with Crippen LogP contribution in [0, 0.1) is 0 Å². The minimum atomic E-state index is -4.85. The van der Waals surface area contributed by atoms with Gasteiger partial charge in [0.25, 0.3) is 6.43 Å². The molecule has 0 spiro atoms. The molecule has 0 aliphatic rings. The van der Waals surface area contributed by atoms with Gasteiger partial charge in [-0.1, -0.05) is 0 Å². The van der Waals surface area contributed by atoms with E-state index in [9.17, 15) is 22.0 Å². The number of aliphatic hydroxyl groups excluding tert-OH is 1. The highest BCUT2D eigenvalue weighted by atomic mass is 19.4. The lowest BCUT2D eigenvalue weighted by atomic mass is 10.0. The molecule has 0 unspecified atom stereocenters. The molecule has 0 radical (unpaired) electrons. The molecule has 0 saturated carbocycles. The van der Waals surface area contributed by atoms with E-state index in [4.69, 9.17) is 10.8 Å².